The number of rotatable bonds is 5. The predicted octanol–water partition coefficient (Wildman–Crippen LogP) is 15.3. The highest BCUT2D eigenvalue weighted by molar-refractivity contribution is 6.15. The van der Waals surface area contributed by atoms with Crippen LogP contribution in [0.2, 0.25) is 0 Å². The van der Waals surface area contributed by atoms with E-state index in [1.807, 2.05) is 84.9 Å². The van der Waals surface area contributed by atoms with Crippen LogP contribution in [0.25, 0.3) is 139 Å². The Labute approximate surface area is 364 Å². The van der Waals surface area contributed by atoms with Gasteiger partial charge >= 0.3 is 0 Å². The van der Waals surface area contributed by atoms with Crippen molar-refractivity contribution >= 4 is 87.6 Å². The van der Waals surface area contributed by atoms with Crippen molar-refractivity contribution in [2.75, 3.05) is 0 Å². The maximum Gasteiger partial charge on any atom is 0.164 e. The van der Waals surface area contributed by atoms with Gasteiger partial charge in [-0.15, -0.1) is 0 Å². The molecule has 7 nitrogen and oxygen atoms in total. The summed E-state index contributed by atoms with van der Waals surface area (Å²) in [7, 11) is 0. The van der Waals surface area contributed by atoms with Crippen LogP contribution in [0.4, 0.5) is 0 Å². The number of nitrogens with zero attached hydrogens (tertiary/aromatic N) is 4. The molecule has 0 aliphatic rings. The fraction of sp³-hybridized carbons (Fsp3) is 0. The van der Waals surface area contributed by atoms with E-state index in [4.69, 9.17) is 28.2 Å². The number of aromatic nitrogens is 4. The van der Waals surface area contributed by atoms with E-state index in [9.17, 15) is 0 Å². The highest BCUT2D eigenvalue weighted by Gasteiger charge is 2.22. The highest BCUT2D eigenvalue weighted by Crippen LogP contribution is 2.42. The summed E-state index contributed by atoms with van der Waals surface area (Å²) in [5.41, 5.74) is 13.1. The van der Waals surface area contributed by atoms with Crippen molar-refractivity contribution in [3.8, 4) is 51.0 Å². The lowest BCUT2D eigenvalue weighted by Gasteiger charge is -2.11. The average molecular weight is 821 g/mol. The molecule has 0 spiro atoms. The van der Waals surface area contributed by atoms with E-state index in [2.05, 4.69) is 114 Å². The SMILES string of the molecule is c1ccc(-c2nc(-c3cccc4oc5ccccc5c34)nc(-c3cccc4oc5ccc(-n6c7ccccc7c7cc(-c8ccc9oc%10ccccc%10c9c8)ccc76)cc5c34)n2)cc1. The van der Waals surface area contributed by atoms with Gasteiger partial charge in [0.25, 0.3) is 0 Å². The Hall–Kier alpha value is -8.81. The van der Waals surface area contributed by atoms with Crippen molar-refractivity contribution < 1.29 is 13.3 Å². The molecule has 5 aromatic heterocycles. The molecule has 0 aliphatic carbocycles. The summed E-state index contributed by atoms with van der Waals surface area (Å²) in [6, 6.07) is 66.9. The molecule has 14 rings (SSSR count). The van der Waals surface area contributed by atoms with E-state index in [0.29, 0.717) is 17.5 Å². The summed E-state index contributed by atoms with van der Waals surface area (Å²) in [5.74, 6) is 1.70. The predicted molar refractivity (Wildman–Crippen MR) is 258 cm³/mol. The van der Waals surface area contributed by atoms with Gasteiger partial charge in [-0.3, -0.25) is 0 Å². The van der Waals surface area contributed by atoms with Gasteiger partial charge in [0.15, 0.2) is 17.5 Å². The molecule has 0 radical (unpaired) electrons. The lowest BCUT2D eigenvalue weighted by molar-refractivity contribution is 0.668. The van der Waals surface area contributed by atoms with Gasteiger partial charge in [-0.25, -0.2) is 15.0 Å². The van der Waals surface area contributed by atoms with E-state index in [1.165, 1.54) is 10.8 Å². The minimum atomic E-state index is 0.554. The van der Waals surface area contributed by atoms with Crippen LogP contribution in [0.3, 0.4) is 0 Å². The molecule has 0 fully saturated rings. The molecular weight excluding hydrogens is 789 g/mol. The first-order valence-corrected chi connectivity index (χ1v) is 21.3. The first kappa shape index (κ1) is 34.9. The zero-order valence-corrected chi connectivity index (χ0v) is 34.0. The molecule has 0 aliphatic heterocycles. The Balaban J connectivity index is 0.956. The van der Waals surface area contributed by atoms with E-state index in [-0.39, 0.29) is 0 Å². The number of benzene rings is 9. The second-order valence-corrected chi connectivity index (χ2v) is 16.3. The zero-order valence-electron chi connectivity index (χ0n) is 34.0. The Morgan fingerprint density at radius 2 is 0.812 bits per heavy atom. The minimum absolute atomic E-state index is 0.554. The zero-order chi connectivity index (χ0) is 41.9. The monoisotopic (exact) mass is 820 g/mol. The minimum Gasteiger partial charge on any atom is -0.456 e. The molecule has 0 bridgehead atoms. The lowest BCUT2D eigenvalue weighted by Crippen LogP contribution is -2.00. The topological polar surface area (TPSA) is 83.0 Å². The second kappa shape index (κ2) is 13.3. The van der Waals surface area contributed by atoms with Gasteiger partial charge in [-0.1, -0.05) is 121 Å². The maximum absolute atomic E-state index is 6.60. The fourth-order valence-electron chi connectivity index (χ4n) is 9.77. The van der Waals surface area contributed by atoms with E-state index in [1.54, 1.807) is 0 Å². The summed E-state index contributed by atoms with van der Waals surface area (Å²) in [5, 5.41) is 8.48. The summed E-state index contributed by atoms with van der Waals surface area (Å²) < 4.78 is 21.4. The Bertz CT molecular complexity index is 4210. The van der Waals surface area contributed by atoms with Crippen molar-refractivity contribution in [2.24, 2.45) is 0 Å². The summed E-state index contributed by atoms with van der Waals surface area (Å²) >= 11 is 0. The van der Waals surface area contributed by atoms with Gasteiger partial charge in [0.05, 0.1) is 11.0 Å². The van der Waals surface area contributed by atoms with Crippen molar-refractivity contribution in [1.29, 1.82) is 0 Å². The number of hydrogen-bond donors (Lipinski definition) is 0. The van der Waals surface area contributed by atoms with Gasteiger partial charge < -0.3 is 17.8 Å². The molecule has 14 aromatic rings. The summed E-state index contributed by atoms with van der Waals surface area (Å²) in [6.45, 7) is 0. The molecule has 5 heterocycles. The second-order valence-electron chi connectivity index (χ2n) is 16.3. The molecule has 0 saturated heterocycles. The van der Waals surface area contributed by atoms with Crippen LogP contribution in [-0.4, -0.2) is 19.5 Å². The van der Waals surface area contributed by atoms with Gasteiger partial charge in [0, 0.05) is 65.5 Å². The standard InChI is InChI=1S/C57H32N4O3/c1-2-12-33(13-3-1)55-58-56(40-17-10-22-51-53(40)39-16-6-9-21-48(39)63-51)60-57(59-55)41-18-11-23-52-54(41)44-32-36(26-29-50(44)64-52)61-45-19-7-4-14-37(45)42-30-34(24-27-46(42)61)35-25-28-49-43(31-35)38-15-5-8-20-47(38)62-49/h1-32H. The van der Waals surface area contributed by atoms with Crippen LogP contribution >= 0.6 is 0 Å². The average Bonchev–Trinajstić information content (AvgIpc) is 4.12. The normalized spacial score (nSPS) is 12.1. The van der Waals surface area contributed by atoms with Crippen molar-refractivity contribution in [1.82, 2.24) is 19.5 Å². The number of hydrogen-bond acceptors (Lipinski definition) is 6. The van der Waals surface area contributed by atoms with Gasteiger partial charge in [-0.2, -0.15) is 0 Å². The lowest BCUT2D eigenvalue weighted by atomic mass is 10.0. The van der Waals surface area contributed by atoms with E-state index < -0.39 is 0 Å². The molecule has 0 atom stereocenters. The third-order valence-corrected chi connectivity index (χ3v) is 12.7. The quantitative estimate of drug-likeness (QED) is 0.172. The Kier molecular flexibility index (Phi) is 7.27. The number of fused-ring (bicyclic) bond motifs is 12. The van der Waals surface area contributed by atoms with Crippen LogP contribution in [0.1, 0.15) is 0 Å². The van der Waals surface area contributed by atoms with Crippen LogP contribution in [0.5, 0.6) is 0 Å². The van der Waals surface area contributed by atoms with Crippen molar-refractivity contribution in [2.45, 2.75) is 0 Å². The molecule has 0 unspecified atom stereocenters. The molecule has 298 valence electrons. The van der Waals surface area contributed by atoms with Crippen LogP contribution in [-0.2, 0) is 0 Å². The Morgan fingerprint density at radius 3 is 1.58 bits per heavy atom. The number of furan rings is 3. The van der Waals surface area contributed by atoms with Crippen molar-refractivity contribution in [3.63, 3.8) is 0 Å². The van der Waals surface area contributed by atoms with Gasteiger partial charge in [0.1, 0.15) is 33.5 Å². The van der Waals surface area contributed by atoms with Gasteiger partial charge in [-0.05, 0) is 83.9 Å². The van der Waals surface area contributed by atoms with Crippen molar-refractivity contribution in [3.05, 3.63) is 194 Å². The fourth-order valence-corrected chi connectivity index (χ4v) is 9.77. The van der Waals surface area contributed by atoms with E-state index in [0.717, 1.165) is 110 Å². The molecular formula is C57H32N4O3. The van der Waals surface area contributed by atoms with E-state index >= 15 is 0 Å². The van der Waals surface area contributed by atoms with Crippen LogP contribution < -0.4 is 0 Å². The Morgan fingerprint density at radius 1 is 0.297 bits per heavy atom. The molecule has 7 heteroatoms. The number of para-hydroxylation sites is 3. The van der Waals surface area contributed by atoms with Crippen LogP contribution in [0, 0.1) is 0 Å². The highest BCUT2D eigenvalue weighted by atomic mass is 16.3. The van der Waals surface area contributed by atoms with Crippen LogP contribution in [0.15, 0.2) is 207 Å². The molecule has 64 heavy (non-hydrogen) atoms. The summed E-state index contributed by atoms with van der Waals surface area (Å²) in [4.78, 5) is 15.6. The smallest absolute Gasteiger partial charge is 0.164 e. The molecule has 0 N–H and O–H groups in total. The molecule has 0 amide bonds. The maximum atomic E-state index is 6.60. The third-order valence-electron chi connectivity index (χ3n) is 12.7. The summed E-state index contributed by atoms with van der Waals surface area (Å²) in [6.07, 6.45) is 0. The molecule has 9 aromatic carbocycles. The first-order chi connectivity index (χ1) is 31.7. The van der Waals surface area contributed by atoms with Gasteiger partial charge in [0.2, 0.25) is 0 Å². The third kappa shape index (κ3) is 5.18. The largest absolute Gasteiger partial charge is 0.456 e. The first-order valence-electron chi connectivity index (χ1n) is 21.3. The molecule has 0 saturated carbocycles.